The fourth-order valence-corrected chi connectivity index (χ4v) is 4.03. The molecule has 0 bridgehead atoms. The average Bonchev–Trinajstić information content (AvgIpc) is 2.89. The van der Waals surface area contributed by atoms with E-state index in [4.69, 9.17) is 16.0 Å². The van der Waals surface area contributed by atoms with Crippen LogP contribution in [0.1, 0.15) is 38.9 Å². The quantitative estimate of drug-likeness (QED) is 0.750. The van der Waals surface area contributed by atoms with Crippen molar-refractivity contribution in [2.75, 3.05) is 13.2 Å². The van der Waals surface area contributed by atoms with Crippen LogP contribution in [0.15, 0.2) is 45.6 Å². The standard InChI is InChI=1S/C21H18ClNO4/c1-11-8-12(2)19-15(9-11)18(25)16-17(13-4-3-5-14(22)10-13)23(6-7-24)21(26)20(16)27-19/h3-5,8-10,17,24H,6-7H2,1-2H3/t17-/m1/s1. The summed E-state index contributed by atoms with van der Waals surface area (Å²) in [7, 11) is 0. The summed E-state index contributed by atoms with van der Waals surface area (Å²) in [6, 6.07) is 10.1. The highest BCUT2D eigenvalue weighted by molar-refractivity contribution is 6.30. The van der Waals surface area contributed by atoms with Crippen LogP contribution in [0.25, 0.3) is 11.0 Å². The number of hydrogen-bond acceptors (Lipinski definition) is 4. The van der Waals surface area contributed by atoms with Crippen LogP contribution in [0.3, 0.4) is 0 Å². The fraction of sp³-hybridized carbons (Fsp3) is 0.238. The molecule has 27 heavy (non-hydrogen) atoms. The molecular formula is C21H18ClNO4. The van der Waals surface area contributed by atoms with Crippen molar-refractivity contribution < 1.29 is 14.3 Å². The Morgan fingerprint density at radius 3 is 2.67 bits per heavy atom. The molecule has 2 aromatic carbocycles. The number of β-amino-alcohol motifs (C(OH)–C–C–N with tert-alkyl or cyclic N) is 1. The number of carbonyl (C=O) groups excluding carboxylic acids is 1. The van der Waals surface area contributed by atoms with Gasteiger partial charge in [0.15, 0.2) is 5.43 Å². The summed E-state index contributed by atoms with van der Waals surface area (Å²) < 4.78 is 5.94. The maximum absolute atomic E-state index is 13.4. The summed E-state index contributed by atoms with van der Waals surface area (Å²) in [6.07, 6.45) is 0. The van der Waals surface area contributed by atoms with Crippen molar-refractivity contribution in [2.24, 2.45) is 0 Å². The Balaban J connectivity index is 2.05. The zero-order valence-electron chi connectivity index (χ0n) is 15.0. The zero-order chi connectivity index (χ0) is 19.3. The molecule has 0 fully saturated rings. The van der Waals surface area contributed by atoms with Crippen molar-refractivity contribution in [1.82, 2.24) is 4.90 Å². The van der Waals surface area contributed by atoms with E-state index in [9.17, 15) is 14.7 Å². The van der Waals surface area contributed by atoms with E-state index in [1.165, 1.54) is 4.90 Å². The van der Waals surface area contributed by atoms with Crippen LogP contribution in [0.4, 0.5) is 0 Å². The van der Waals surface area contributed by atoms with E-state index in [0.717, 1.165) is 11.1 Å². The smallest absolute Gasteiger partial charge is 0.290 e. The third-order valence-corrected chi connectivity index (χ3v) is 5.14. The molecule has 5 nitrogen and oxygen atoms in total. The van der Waals surface area contributed by atoms with Crippen molar-refractivity contribution in [3.05, 3.63) is 79.7 Å². The van der Waals surface area contributed by atoms with Crippen LogP contribution in [0.5, 0.6) is 0 Å². The molecule has 3 aromatic rings. The maximum atomic E-state index is 13.4. The summed E-state index contributed by atoms with van der Waals surface area (Å²) in [4.78, 5) is 27.8. The molecule has 4 rings (SSSR count). The highest BCUT2D eigenvalue weighted by atomic mass is 35.5. The van der Waals surface area contributed by atoms with Crippen LogP contribution in [0.2, 0.25) is 5.02 Å². The molecule has 0 saturated heterocycles. The molecule has 138 valence electrons. The lowest BCUT2D eigenvalue weighted by Gasteiger charge is -2.24. The molecule has 1 aliphatic rings. The number of benzene rings is 2. The summed E-state index contributed by atoms with van der Waals surface area (Å²) in [6.45, 7) is 3.64. The van der Waals surface area contributed by atoms with Gasteiger partial charge in [-0.2, -0.15) is 0 Å². The molecule has 1 N–H and O–H groups in total. The number of halogens is 1. The first-order valence-electron chi connectivity index (χ1n) is 8.67. The lowest BCUT2D eigenvalue weighted by Crippen LogP contribution is -2.32. The van der Waals surface area contributed by atoms with Gasteiger partial charge < -0.3 is 14.4 Å². The maximum Gasteiger partial charge on any atom is 0.290 e. The van der Waals surface area contributed by atoms with Crippen LogP contribution in [-0.4, -0.2) is 29.1 Å². The predicted molar refractivity (Wildman–Crippen MR) is 103 cm³/mol. The van der Waals surface area contributed by atoms with E-state index in [2.05, 4.69) is 0 Å². The second-order valence-corrected chi connectivity index (χ2v) is 7.25. The van der Waals surface area contributed by atoms with Gasteiger partial charge >= 0.3 is 0 Å². The summed E-state index contributed by atoms with van der Waals surface area (Å²) in [5.74, 6) is -0.360. The highest BCUT2D eigenvalue weighted by Crippen LogP contribution is 2.38. The SMILES string of the molecule is Cc1cc(C)c2oc3c(c(=O)c2c1)[C@@H](c1cccc(Cl)c1)N(CCO)C3=O. The Morgan fingerprint density at radius 2 is 1.96 bits per heavy atom. The van der Waals surface area contributed by atoms with Crippen LogP contribution in [0, 0.1) is 13.8 Å². The molecule has 1 amide bonds. The third-order valence-electron chi connectivity index (χ3n) is 4.90. The normalized spacial score (nSPS) is 16.2. The average molecular weight is 384 g/mol. The number of rotatable bonds is 3. The van der Waals surface area contributed by atoms with Gasteiger partial charge in [-0.05, 0) is 48.7 Å². The molecular weight excluding hydrogens is 366 g/mol. The van der Waals surface area contributed by atoms with Gasteiger partial charge in [0.1, 0.15) is 5.58 Å². The molecule has 0 unspecified atom stereocenters. The lowest BCUT2D eigenvalue weighted by molar-refractivity contribution is 0.0691. The monoisotopic (exact) mass is 383 g/mol. The van der Waals surface area contributed by atoms with Crippen LogP contribution >= 0.6 is 11.6 Å². The molecule has 0 saturated carbocycles. The van der Waals surface area contributed by atoms with Gasteiger partial charge in [-0.1, -0.05) is 29.8 Å². The molecule has 2 heterocycles. The number of carbonyl (C=O) groups is 1. The Labute approximate surface area is 160 Å². The first-order chi connectivity index (χ1) is 12.9. The van der Waals surface area contributed by atoms with Gasteiger partial charge in [0.25, 0.3) is 5.91 Å². The van der Waals surface area contributed by atoms with Gasteiger partial charge in [0.05, 0.1) is 23.6 Å². The van der Waals surface area contributed by atoms with Gasteiger partial charge in [-0.25, -0.2) is 0 Å². The van der Waals surface area contributed by atoms with Crippen molar-refractivity contribution in [3.8, 4) is 0 Å². The number of nitrogens with zero attached hydrogens (tertiary/aromatic N) is 1. The van der Waals surface area contributed by atoms with E-state index in [1.54, 1.807) is 24.3 Å². The number of hydrogen-bond donors (Lipinski definition) is 1. The van der Waals surface area contributed by atoms with E-state index < -0.39 is 11.9 Å². The molecule has 1 atom stereocenters. The Hall–Kier alpha value is -2.63. The number of aliphatic hydroxyl groups is 1. The van der Waals surface area contributed by atoms with E-state index in [0.29, 0.717) is 27.1 Å². The minimum atomic E-state index is -0.639. The molecule has 0 aliphatic carbocycles. The second kappa shape index (κ2) is 6.51. The fourth-order valence-electron chi connectivity index (χ4n) is 3.84. The second-order valence-electron chi connectivity index (χ2n) is 6.81. The minimum absolute atomic E-state index is 0.0397. The first kappa shape index (κ1) is 17.8. The molecule has 0 spiro atoms. The molecule has 1 aromatic heterocycles. The Bertz CT molecular complexity index is 1130. The lowest BCUT2D eigenvalue weighted by atomic mass is 9.97. The number of aryl methyl sites for hydroxylation is 2. The summed E-state index contributed by atoms with van der Waals surface area (Å²) in [5.41, 5.74) is 2.96. The summed E-state index contributed by atoms with van der Waals surface area (Å²) in [5, 5.41) is 10.4. The van der Waals surface area contributed by atoms with Crippen molar-refractivity contribution in [1.29, 1.82) is 0 Å². The van der Waals surface area contributed by atoms with E-state index in [-0.39, 0.29) is 24.3 Å². The molecule has 0 radical (unpaired) electrons. The summed E-state index contributed by atoms with van der Waals surface area (Å²) >= 11 is 6.13. The largest absolute Gasteiger partial charge is 0.450 e. The Kier molecular flexibility index (Phi) is 4.29. The van der Waals surface area contributed by atoms with Gasteiger partial charge in [-0.15, -0.1) is 0 Å². The topological polar surface area (TPSA) is 70.8 Å². The van der Waals surface area contributed by atoms with Crippen LogP contribution < -0.4 is 5.43 Å². The number of fused-ring (bicyclic) bond motifs is 2. The zero-order valence-corrected chi connectivity index (χ0v) is 15.7. The van der Waals surface area contributed by atoms with E-state index in [1.807, 2.05) is 26.0 Å². The number of amides is 1. The third kappa shape index (κ3) is 2.74. The minimum Gasteiger partial charge on any atom is -0.450 e. The molecule has 6 heteroatoms. The highest BCUT2D eigenvalue weighted by Gasteiger charge is 2.42. The van der Waals surface area contributed by atoms with Gasteiger partial charge in [-0.3, -0.25) is 9.59 Å². The molecule has 1 aliphatic heterocycles. The van der Waals surface area contributed by atoms with Crippen molar-refractivity contribution in [3.63, 3.8) is 0 Å². The van der Waals surface area contributed by atoms with Crippen LogP contribution in [-0.2, 0) is 0 Å². The predicted octanol–water partition coefficient (Wildman–Crippen LogP) is 3.60. The van der Waals surface area contributed by atoms with Crippen molar-refractivity contribution in [2.45, 2.75) is 19.9 Å². The van der Waals surface area contributed by atoms with Crippen molar-refractivity contribution >= 4 is 28.5 Å². The van der Waals surface area contributed by atoms with Gasteiger partial charge in [0, 0.05) is 11.6 Å². The number of aliphatic hydroxyl groups excluding tert-OH is 1. The first-order valence-corrected chi connectivity index (χ1v) is 9.05. The van der Waals surface area contributed by atoms with Gasteiger partial charge in [0.2, 0.25) is 5.76 Å². The Morgan fingerprint density at radius 1 is 1.19 bits per heavy atom. The van der Waals surface area contributed by atoms with E-state index >= 15 is 0 Å².